The first-order valence-corrected chi connectivity index (χ1v) is 9.17. The quantitative estimate of drug-likeness (QED) is 0.812. The number of anilines is 2. The lowest BCUT2D eigenvalue weighted by Gasteiger charge is -2.33. The average Bonchev–Trinajstić information content (AvgIpc) is 3.21. The van der Waals surface area contributed by atoms with Crippen molar-refractivity contribution in [1.29, 1.82) is 0 Å². The summed E-state index contributed by atoms with van der Waals surface area (Å²) >= 11 is 0. The zero-order chi connectivity index (χ0) is 19.2. The van der Waals surface area contributed by atoms with Gasteiger partial charge in [0, 0.05) is 18.8 Å². The molecule has 1 fully saturated rings. The van der Waals surface area contributed by atoms with E-state index in [0.717, 1.165) is 12.8 Å². The van der Waals surface area contributed by atoms with E-state index >= 15 is 0 Å². The molecule has 1 saturated carbocycles. The summed E-state index contributed by atoms with van der Waals surface area (Å²) in [6, 6.07) is 6.53. The molecule has 0 bridgehead atoms. The Bertz CT molecular complexity index is 786. The Kier molecular flexibility index (Phi) is 6.11. The Labute approximate surface area is 157 Å². The van der Waals surface area contributed by atoms with E-state index in [1.165, 1.54) is 43.9 Å². The van der Waals surface area contributed by atoms with E-state index in [-0.39, 0.29) is 12.4 Å². The largest absolute Gasteiger partial charge is 0.472 e. The Morgan fingerprint density at radius 2 is 2.00 bits per heavy atom. The van der Waals surface area contributed by atoms with Crippen LogP contribution in [0.25, 0.3) is 0 Å². The number of hydrogen-bond donors (Lipinski definition) is 2. The summed E-state index contributed by atoms with van der Waals surface area (Å²) in [6.07, 6.45) is 8.42. The second-order valence-corrected chi connectivity index (χ2v) is 6.81. The van der Waals surface area contributed by atoms with Gasteiger partial charge in [-0.3, -0.25) is 9.59 Å². The van der Waals surface area contributed by atoms with Gasteiger partial charge in [-0.25, -0.2) is 4.39 Å². The van der Waals surface area contributed by atoms with Crippen LogP contribution in [0.5, 0.6) is 0 Å². The van der Waals surface area contributed by atoms with Gasteiger partial charge < -0.3 is 20.0 Å². The number of rotatable bonds is 6. The molecule has 2 aromatic rings. The molecular weight excluding hydrogens is 349 g/mol. The minimum Gasteiger partial charge on any atom is -0.472 e. The molecule has 2 N–H and O–H groups in total. The first kappa shape index (κ1) is 18.9. The summed E-state index contributed by atoms with van der Waals surface area (Å²) in [5.74, 6) is -1.21. The number of carbonyl (C=O) groups excluding carboxylic acids is 2. The normalized spacial score (nSPS) is 14.6. The average molecular weight is 373 g/mol. The van der Waals surface area contributed by atoms with Crippen LogP contribution < -0.4 is 15.5 Å². The summed E-state index contributed by atoms with van der Waals surface area (Å²) in [6.45, 7) is -0.213. The number of hydrogen-bond acceptors (Lipinski definition) is 4. The van der Waals surface area contributed by atoms with E-state index < -0.39 is 11.8 Å². The maximum Gasteiger partial charge on any atom is 0.254 e. The van der Waals surface area contributed by atoms with E-state index in [2.05, 4.69) is 10.6 Å². The minimum atomic E-state index is -0.431. The SMILES string of the molecule is CN(c1ccc(NC(=O)CNC(=O)c2ccoc2)cc1F)C1CCCCC1. The second kappa shape index (κ2) is 8.70. The van der Waals surface area contributed by atoms with Gasteiger partial charge in [-0.1, -0.05) is 19.3 Å². The number of nitrogens with zero attached hydrogens (tertiary/aromatic N) is 1. The summed E-state index contributed by atoms with van der Waals surface area (Å²) in [5.41, 5.74) is 1.23. The summed E-state index contributed by atoms with van der Waals surface area (Å²) in [7, 11) is 1.91. The first-order valence-electron chi connectivity index (χ1n) is 9.17. The van der Waals surface area contributed by atoms with Crippen LogP contribution in [0.15, 0.2) is 41.2 Å². The molecule has 0 aliphatic heterocycles. The van der Waals surface area contributed by atoms with Crippen molar-refractivity contribution in [3.05, 3.63) is 48.2 Å². The van der Waals surface area contributed by atoms with Crippen molar-refractivity contribution in [3.8, 4) is 0 Å². The van der Waals surface area contributed by atoms with Crippen LogP contribution in [0.1, 0.15) is 42.5 Å². The lowest BCUT2D eigenvalue weighted by atomic mass is 9.94. The van der Waals surface area contributed by atoms with Gasteiger partial charge in [0.05, 0.1) is 24.1 Å². The molecule has 1 aliphatic rings. The van der Waals surface area contributed by atoms with Gasteiger partial charge in [-0.15, -0.1) is 0 Å². The van der Waals surface area contributed by atoms with Crippen molar-refractivity contribution in [1.82, 2.24) is 5.32 Å². The summed E-state index contributed by atoms with van der Waals surface area (Å²) in [4.78, 5) is 25.7. The Hall–Kier alpha value is -2.83. The maximum atomic E-state index is 14.5. The van der Waals surface area contributed by atoms with Crippen LogP contribution in [0.2, 0.25) is 0 Å². The van der Waals surface area contributed by atoms with Crippen molar-refractivity contribution >= 4 is 23.2 Å². The molecule has 1 aliphatic carbocycles. The zero-order valence-electron chi connectivity index (χ0n) is 15.3. The molecule has 0 atom stereocenters. The topological polar surface area (TPSA) is 74.6 Å². The fraction of sp³-hybridized carbons (Fsp3) is 0.400. The molecule has 1 aromatic carbocycles. The van der Waals surface area contributed by atoms with Crippen molar-refractivity contribution in [2.75, 3.05) is 23.8 Å². The van der Waals surface area contributed by atoms with Crippen molar-refractivity contribution in [2.24, 2.45) is 0 Å². The monoisotopic (exact) mass is 373 g/mol. The van der Waals surface area contributed by atoms with Gasteiger partial charge in [0.15, 0.2) is 0 Å². The van der Waals surface area contributed by atoms with Crippen LogP contribution in [0.4, 0.5) is 15.8 Å². The molecule has 0 saturated heterocycles. The molecule has 27 heavy (non-hydrogen) atoms. The van der Waals surface area contributed by atoms with Crippen LogP contribution >= 0.6 is 0 Å². The Morgan fingerprint density at radius 1 is 1.22 bits per heavy atom. The zero-order valence-corrected chi connectivity index (χ0v) is 15.3. The second-order valence-electron chi connectivity index (χ2n) is 6.81. The molecule has 2 amide bonds. The van der Waals surface area contributed by atoms with Gasteiger partial charge >= 0.3 is 0 Å². The third-order valence-electron chi connectivity index (χ3n) is 4.93. The lowest BCUT2D eigenvalue weighted by molar-refractivity contribution is -0.115. The number of furan rings is 1. The third-order valence-corrected chi connectivity index (χ3v) is 4.93. The fourth-order valence-electron chi connectivity index (χ4n) is 3.40. The van der Waals surface area contributed by atoms with Crippen molar-refractivity contribution in [3.63, 3.8) is 0 Å². The molecule has 7 heteroatoms. The maximum absolute atomic E-state index is 14.5. The van der Waals surface area contributed by atoms with Gasteiger partial charge in [-0.2, -0.15) is 0 Å². The minimum absolute atomic E-state index is 0.213. The highest BCUT2D eigenvalue weighted by molar-refractivity contribution is 5.99. The predicted octanol–water partition coefficient (Wildman–Crippen LogP) is 3.56. The number of benzene rings is 1. The smallest absolute Gasteiger partial charge is 0.254 e. The summed E-state index contributed by atoms with van der Waals surface area (Å²) in [5, 5.41) is 5.07. The first-order chi connectivity index (χ1) is 13.0. The van der Waals surface area contributed by atoms with Crippen LogP contribution in [0.3, 0.4) is 0 Å². The number of carbonyl (C=O) groups is 2. The summed E-state index contributed by atoms with van der Waals surface area (Å²) < 4.78 is 19.4. The van der Waals surface area contributed by atoms with Gasteiger partial charge in [-0.05, 0) is 37.1 Å². The van der Waals surface area contributed by atoms with Gasteiger partial charge in [0.25, 0.3) is 5.91 Å². The fourth-order valence-corrected chi connectivity index (χ4v) is 3.40. The van der Waals surface area contributed by atoms with E-state index in [1.807, 2.05) is 11.9 Å². The van der Waals surface area contributed by atoms with Gasteiger partial charge in [0.2, 0.25) is 5.91 Å². The van der Waals surface area contributed by atoms with Crippen LogP contribution in [-0.2, 0) is 4.79 Å². The molecule has 0 spiro atoms. The van der Waals surface area contributed by atoms with E-state index in [4.69, 9.17) is 4.42 Å². The van der Waals surface area contributed by atoms with E-state index in [9.17, 15) is 14.0 Å². The highest BCUT2D eigenvalue weighted by atomic mass is 19.1. The molecule has 1 heterocycles. The number of halogens is 1. The number of nitrogens with one attached hydrogen (secondary N) is 2. The Balaban J connectivity index is 1.55. The van der Waals surface area contributed by atoms with Gasteiger partial charge in [0.1, 0.15) is 12.1 Å². The molecule has 0 radical (unpaired) electrons. The number of amides is 2. The molecule has 0 unspecified atom stereocenters. The molecule has 144 valence electrons. The molecule has 1 aromatic heterocycles. The molecule has 6 nitrogen and oxygen atoms in total. The highest BCUT2D eigenvalue weighted by Crippen LogP contribution is 2.29. The van der Waals surface area contributed by atoms with E-state index in [0.29, 0.717) is 23.0 Å². The van der Waals surface area contributed by atoms with Crippen LogP contribution in [-0.4, -0.2) is 31.4 Å². The highest BCUT2D eigenvalue weighted by Gasteiger charge is 2.20. The third kappa shape index (κ3) is 4.87. The van der Waals surface area contributed by atoms with E-state index in [1.54, 1.807) is 12.1 Å². The standard InChI is InChI=1S/C20H24FN3O3/c1-24(16-5-3-2-4-6-16)18-8-7-15(11-17(18)21)23-19(25)12-22-20(26)14-9-10-27-13-14/h7-11,13,16H,2-6,12H2,1H3,(H,22,26)(H,23,25). The van der Waals surface area contributed by atoms with Crippen molar-refractivity contribution in [2.45, 2.75) is 38.1 Å². The Morgan fingerprint density at radius 3 is 2.67 bits per heavy atom. The predicted molar refractivity (Wildman–Crippen MR) is 101 cm³/mol. The molecule has 3 rings (SSSR count). The van der Waals surface area contributed by atoms with Crippen molar-refractivity contribution < 1.29 is 18.4 Å². The lowest BCUT2D eigenvalue weighted by Crippen LogP contribution is -2.34. The molecular formula is C20H24FN3O3. The van der Waals surface area contributed by atoms with Crippen LogP contribution in [0, 0.1) is 5.82 Å².